The lowest BCUT2D eigenvalue weighted by molar-refractivity contribution is -0.707. The predicted octanol–water partition coefficient (Wildman–Crippen LogP) is 6.05. The maximum absolute atomic E-state index is 4.24. The van der Waals surface area contributed by atoms with E-state index in [1.54, 1.807) is 27.8 Å². The summed E-state index contributed by atoms with van der Waals surface area (Å²) in [4.78, 5) is 0. The molecule has 0 spiro atoms. The number of pyridine rings is 1. The highest BCUT2D eigenvalue weighted by Crippen LogP contribution is 2.62. The van der Waals surface area contributed by atoms with Crippen molar-refractivity contribution in [2.45, 2.75) is 77.2 Å². The molecule has 1 aromatic heterocycles. The molecule has 7 rings (SSSR count). The Morgan fingerprint density at radius 2 is 1.79 bits per heavy atom. The van der Waals surface area contributed by atoms with Crippen LogP contribution < -0.4 is 4.57 Å². The van der Waals surface area contributed by atoms with Gasteiger partial charge in [0.1, 0.15) is 0 Å². The number of aryl methyl sites for hydroxylation is 2. The van der Waals surface area contributed by atoms with E-state index in [2.05, 4.69) is 62.4 Å². The van der Waals surface area contributed by atoms with Gasteiger partial charge in [-0.05, 0) is 90.2 Å². The van der Waals surface area contributed by atoms with Gasteiger partial charge >= 0.3 is 0 Å². The van der Waals surface area contributed by atoms with Crippen molar-refractivity contribution in [3.05, 3.63) is 64.9 Å². The summed E-state index contributed by atoms with van der Waals surface area (Å²) < 4.78 is 2.57. The Kier molecular flexibility index (Phi) is 3.39. The Morgan fingerprint density at radius 3 is 2.50 bits per heavy atom. The summed E-state index contributed by atoms with van der Waals surface area (Å²) >= 11 is 0. The molecule has 28 heavy (non-hydrogen) atoms. The van der Waals surface area contributed by atoms with Gasteiger partial charge in [0.15, 0.2) is 12.2 Å². The van der Waals surface area contributed by atoms with Crippen LogP contribution in [0.15, 0.2) is 37.1 Å². The van der Waals surface area contributed by atoms with Gasteiger partial charge in [-0.1, -0.05) is 33.4 Å². The molecule has 2 heterocycles. The Morgan fingerprint density at radius 1 is 1.04 bits per heavy atom. The first-order chi connectivity index (χ1) is 13.5. The number of rotatable bonds is 1. The normalized spacial score (nSPS) is 31.0. The van der Waals surface area contributed by atoms with Crippen LogP contribution in [0, 0.1) is 11.3 Å². The molecule has 1 aliphatic heterocycles. The minimum Gasteiger partial charge on any atom is -0.191 e. The number of allylic oxidation sites excluding steroid dienone is 1. The van der Waals surface area contributed by atoms with Gasteiger partial charge in [-0.3, -0.25) is 0 Å². The Hall–Kier alpha value is -1.89. The minimum atomic E-state index is 0.357. The van der Waals surface area contributed by atoms with E-state index >= 15 is 0 Å². The number of hydrogen-bond donors (Lipinski definition) is 0. The summed E-state index contributed by atoms with van der Waals surface area (Å²) in [7, 11) is 0. The first kappa shape index (κ1) is 17.0. The highest BCUT2D eigenvalue weighted by atomic mass is 15.0. The fourth-order valence-corrected chi connectivity index (χ4v) is 6.88. The van der Waals surface area contributed by atoms with Gasteiger partial charge in [0.05, 0.1) is 5.56 Å². The van der Waals surface area contributed by atoms with Crippen LogP contribution in [-0.4, -0.2) is 0 Å². The molecular formula is C27H32N+. The number of nitrogens with zero attached hydrogens (tertiary/aromatic N) is 1. The van der Waals surface area contributed by atoms with Crippen molar-refractivity contribution in [3.63, 3.8) is 0 Å². The maximum Gasteiger partial charge on any atom is 0.213 e. The second-order valence-corrected chi connectivity index (χ2v) is 10.5. The standard InChI is InChI=1S/C27H32N/c1-5-25-16(2)21-11-17-8-6-7-9-18(17)12-22(21)26-13-19-10-20-14-24(27(20,3)4)23(19)15-28(25)26/h5,11-13,15-16,20,24-25H,1,6-10,14H2,2-4H3/q+1. The van der Waals surface area contributed by atoms with E-state index in [9.17, 15) is 0 Å². The highest BCUT2D eigenvalue weighted by Gasteiger charge is 2.54. The van der Waals surface area contributed by atoms with Gasteiger partial charge in [-0.2, -0.15) is 4.57 Å². The molecule has 1 aromatic carbocycles. The van der Waals surface area contributed by atoms with Crippen LogP contribution in [0.2, 0.25) is 0 Å². The van der Waals surface area contributed by atoms with Crippen molar-refractivity contribution < 1.29 is 4.57 Å². The Bertz CT molecular complexity index is 1010. The first-order valence-corrected chi connectivity index (χ1v) is 11.4. The fourth-order valence-electron chi connectivity index (χ4n) is 6.88. The third kappa shape index (κ3) is 2.06. The molecule has 0 amide bonds. The predicted molar refractivity (Wildman–Crippen MR) is 115 cm³/mol. The summed E-state index contributed by atoms with van der Waals surface area (Å²) in [5.41, 5.74) is 11.4. The van der Waals surface area contributed by atoms with Crippen molar-refractivity contribution >= 4 is 0 Å². The number of aromatic nitrogens is 1. The van der Waals surface area contributed by atoms with E-state index in [1.807, 2.05) is 0 Å². The van der Waals surface area contributed by atoms with Crippen LogP contribution in [0.3, 0.4) is 0 Å². The van der Waals surface area contributed by atoms with Crippen LogP contribution >= 0.6 is 0 Å². The van der Waals surface area contributed by atoms with Crippen molar-refractivity contribution in [2.24, 2.45) is 11.3 Å². The monoisotopic (exact) mass is 370 g/mol. The first-order valence-electron chi connectivity index (χ1n) is 11.4. The van der Waals surface area contributed by atoms with E-state index in [4.69, 9.17) is 0 Å². The number of fused-ring (bicyclic) bond motifs is 4. The fraction of sp³-hybridized carbons (Fsp3) is 0.519. The van der Waals surface area contributed by atoms with Gasteiger partial charge in [0.2, 0.25) is 5.69 Å². The smallest absolute Gasteiger partial charge is 0.191 e. The summed E-state index contributed by atoms with van der Waals surface area (Å²) in [6, 6.07) is 8.01. The quantitative estimate of drug-likeness (QED) is 0.425. The summed E-state index contributed by atoms with van der Waals surface area (Å²) in [6.45, 7) is 11.6. The van der Waals surface area contributed by atoms with Crippen LogP contribution in [0.5, 0.6) is 0 Å². The van der Waals surface area contributed by atoms with E-state index in [0.717, 1.165) is 11.8 Å². The maximum atomic E-state index is 4.24. The van der Waals surface area contributed by atoms with E-state index in [-0.39, 0.29) is 0 Å². The molecule has 0 saturated heterocycles. The molecule has 4 unspecified atom stereocenters. The molecule has 5 aliphatic rings. The zero-order valence-corrected chi connectivity index (χ0v) is 17.6. The van der Waals surface area contributed by atoms with Crippen molar-refractivity contribution in [3.8, 4) is 11.3 Å². The van der Waals surface area contributed by atoms with Gasteiger partial charge in [-0.25, -0.2) is 0 Å². The molecular weight excluding hydrogens is 338 g/mol. The molecule has 4 aliphatic carbocycles. The second kappa shape index (κ2) is 5.59. The molecule has 2 bridgehead atoms. The average molecular weight is 371 g/mol. The molecule has 4 atom stereocenters. The summed E-state index contributed by atoms with van der Waals surface area (Å²) in [5.74, 6) is 2.10. The molecule has 0 N–H and O–H groups in total. The topological polar surface area (TPSA) is 3.88 Å². The lowest BCUT2D eigenvalue weighted by Gasteiger charge is -2.56. The van der Waals surface area contributed by atoms with Crippen molar-refractivity contribution in [1.29, 1.82) is 0 Å². The van der Waals surface area contributed by atoms with Gasteiger partial charge in [0, 0.05) is 17.5 Å². The highest BCUT2D eigenvalue weighted by molar-refractivity contribution is 5.67. The number of benzene rings is 1. The van der Waals surface area contributed by atoms with Crippen molar-refractivity contribution in [1.82, 2.24) is 0 Å². The van der Waals surface area contributed by atoms with Crippen molar-refractivity contribution in [2.75, 3.05) is 0 Å². The minimum absolute atomic E-state index is 0.357. The van der Waals surface area contributed by atoms with Crippen LogP contribution in [0.1, 0.15) is 85.7 Å². The lowest BCUT2D eigenvalue weighted by Crippen LogP contribution is -2.52. The largest absolute Gasteiger partial charge is 0.213 e. The molecule has 1 heteroatoms. The van der Waals surface area contributed by atoms with Gasteiger partial charge < -0.3 is 0 Å². The Balaban J connectivity index is 1.58. The summed E-state index contributed by atoms with van der Waals surface area (Å²) in [6.07, 6.45) is 12.6. The third-order valence-electron chi connectivity index (χ3n) is 8.91. The van der Waals surface area contributed by atoms with Crippen LogP contribution in [-0.2, 0) is 19.3 Å². The zero-order valence-electron chi connectivity index (χ0n) is 17.6. The third-order valence-corrected chi connectivity index (χ3v) is 8.91. The second-order valence-electron chi connectivity index (χ2n) is 10.5. The summed E-state index contributed by atoms with van der Waals surface area (Å²) in [5, 5.41) is 0. The van der Waals surface area contributed by atoms with Crippen LogP contribution in [0.25, 0.3) is 11.3 Å². The molecule has 144 valence electrons. The van der Waals surface area contributed by atoms with E-state index in [0.29, 0.717) is 17.4 Å². The molecule has 1 saturated carbocycles. The molecule has 2 aromatic rings. The molecule has 1 fully saturated rings. The Labute approximate surface area is 169 Å². The average Bonchev–Trinajstić information content (AvgIpc) is 2.71. The van der Waals surface area contributed by atoms with E-state index < -0.39 is 0 Å². The van der Waals surface area contributed by atoms with E-state index in [1.165, 1.54) is 49.8 Å². The van der Waals surface area contributed by atoms with Gasteiger partial charge in [-0.15, -0.1) is 0 Å². The zero-order chi connectivity index (χ0) is 19.2. The molecule has 0 radical (unpaired) electrons. The number of hydrogen-bond acceptors (Lipinski definition) is 0. The van der Waals surface area contributed by atoms with Crippen LogP contribution in [0.4, 0.5) is 0 Å². The lowest BCUT2D eigenvalue weighted by atomic mass is 9.47. The molecule has 1 nitrogen and oxygen atoms in total. The van der Waals surface area contributed by atoms with Gasteiger partial charge in [0.25, 0.3) is 0 Å². The SMILES string of the molecule is C=CC1C(C)c2cc3c(cc2-c2cc4c(c[n+]21)C1CC(C4)C1(C)C)CCCC3.